The summed E-state index contributed by atoms with van der Waals surface area (Å²) < 4.78 is 0. The first-order chi connectivity index (χ1) is 8.26. The molecule has 0 radical (unpaired) electrons. The van der Waals surface area contributed by atoms with Crippen LogP contribution in [0.4, 0.5) is 0 Å². The first-order valence-corrected chi connectivity index (χ1v) is 6.37. The Morgan fingerprint density at radius 1 is 1.50 bits per heavy atom. The second-order valence-electron chi connectivity index (χ2n) is 5.46. The first-order valence-electron chi connectivity index (χ1n) is 6.37. The lowest BCUT2D eigenvalue weighted by Gasteiger charge is -2.45. The third-order valence-electron chi connectivity index (χ3n) is 3.74. The highest BCUT2D eigenvalue weighted by atomic mass is 16.2. The van der Waals surface area contributed by atoms with E-state index in [4.69, 9.17) is 6.42 Å². The van der Waals surface area contributed by atoms with E-state index in [0.29, 0.717) is 0 Å². The Balaban J connectivity index is 3.12. The van der Waals surface area contributed by atoms with Crippen LogP contribution in [0.2, 0.25) is 0 Å². The molecule has 18 heavy (non-hydrogen) atoms. The lowest BCUT2D eigenvalue weighted by molar-refractivity contribution is -0.154. The minimum atomic E-state index is -0.750. The third kappa shape index (κ3) is 2.35. The van der Waals surface area contributed by atoms with Crippen LogP contribution < -0.4 is 5.32 Å². The van der Waals surface area contributed by atoms with Crippen LogP contribution in [0.1, 0.15) is 41.0 Å². The molecule has 0 aromatic rings. The Labute approximate surface area is 109 Å². The van der Waals surface area contributed by atoms with Crippen LogP contribution in [-0.4, -0.2) is 34.3 Å². The van der Waals surface area contributed by atoms with E-state index in [1.807, 2.05) is 13.8 Å². The number of rotatable bonds is 3. The molecule has 0 bridgehead atoms. The average Bonchev–Trinajstić information content (AvgIpc) is 2.32. The zero-order chi connectivity index (χ0) is 14.1. The topological polar surface area (TPSA) is 49.4 Å². The molecule has 4 nitrogen and oxygen atoms in total. The molecule has 1 rings (SSSR count). The van der Waals surface area contributed by atoms with Crippen LogP contribution in [0.25, 0.3) is 0 Å². The zero-order valence-electron chi connectivity index (χ0n) is 11.8. The van der Waals surface area contributed by atoms with Crippen molar-refractivity contribution in [3.05, 3.63) is 0 Å². The number of carbonyl (C=O) groups is 2. The number of terminal acetylenes is 1. The van der Waals surface area contributed by atoms with Crippen molar-refractivity contribution in [2.24, 2.45) is 5.92 Å². The summed E-state index contributed by atoms with van der Waals surface area (Å²) in [5, 5.41) is 2.79. The third-order valence-corrected chi connectivity index (χ3v) is 3.74. The van der Waals surface area contributed by atoms with Crippen molar-refractivity contribution < 1.29 is 9.59 Å². The van der Waals surface area contributed by atoms with E-state index in [9.17, 15) is 9.59 Å². The van der Waals surface area contributed by atoms with Gasteiger partial charge in [-0.05, 0) is 26.7 Å². The summed E-state index contributed by atoms with van der Waals surface area (Å²) in [6.45, 7) is 9.24. The van der Waals surface area contributed by atoms with Crippen molar-refractivity contribution in [1.29, 1.82) is 0 Å². The summed E-state index contributed by atoms with van der Waals surface area (Å²) in [4.78, 5) is 26.0. The van der Waals surface area contributed by atoms with Gasteiger partial charge in [0.1, 0.15) is 12.1 Å². The predicted molar refractivity (Wildman–Crippen MR) is 70.6 cm³/mol. The van der Waals surface area contributed by atoms with Crippen molar-refractivity contribution in [2.75, 3.05) is 0 Å². The zero-order valence-corrected chi connectivity index (χ0v) is 11.8. The molecule has 0 aliphatic carbocycles. The second-order valence-corrected chi connectivity index (χ2v) is 5.46. The first kappa shape index (κ1) is 14.6. The molecule has 1 saturated heterocycles. The molecule has 1 aliphatic rings. The Hall–Kier alpha value is -1.50. The van der Waals surface area contributed by atoms with Crippen LogP contribution in [0.15, 0.2) is 0 Å². The number of nitrogens with one attached hydrogen (secondary N) is 1. The molecule has 0 aromatic heterocycles. The molecular formula is C14H22N2O2. The van der Waals surface area contributed by atoms with Gasteiger partial charge in [-0.15, -0.1) is 6.42 Å². The monoisotopic (exact) mass is 250 g/mol. The maximum atomic E-state index is 12.5. The number of carbonyl (C=O) groups excluding carboxylic acids is 2. The van der Waals surface area contributed by atoms with Crippen molar-refractivity contribution in [3.63, 3.8) is 0 Å². The van der Waals surface area contributed by atoms with Gasteiger partial charge < -0.3 is 10.2 Å². The summed E-state index contributed by atoms with van der Waals surface area (Å²) in [5.41, 5.74) is -0.750. The number of piperazine rings is 1. The average molecular weight is 250 g/mol. The molecule has 1 aliphatic heterocycles. The molecule has 4 heteroatoms. The van der Waals surface area contributed by atoms with Crippen molar-refractivity contribution in [1.82, 2.24) is 10.2 Å². The quantitative estimate of drug-likeness (QED) is 0.764. The van der Waals surface area contributed by atoms with Gasteiger partial charge in [0.25, 0.3) is 0 Å². The van der Waals surface area contributed by atoms with E-state index in [2.05, 4.69) is 11.2 Å². The Bertz CT molecular complexity index is 395. The fraction of sp³-hybridized carbons (Fsp3) is 0.714. The molecule has 1 fully saturated rings. The van der Waals surface area contributed by atoms with E-state index < -0.39 is 17.6 Å². The molecule has 3 unspecified atom stereocenters. The lowest BCUT2D eigenvalue weighted by atomic mass is 9.90. The number of hydrogen-bond acceptors (Lipinski definition) is 2. The van der Waals surface area contributed by atoms with Gasteiger partial charge in [0.15, 0.2) is 0 Å². The predicted octanol–water partition coefficient (Wildman–Crippen LogP) is 1.16. The van der Waals surface area contributed by atoms with Crippen molar-refractivity contribution in [3.8, 4) is 12.3 Å². The van der Waals surface area contributed by atoms with Crippen LogP contribution in [-0.2, 0) is 9.59 Å². The number of amides is 2. The Kier molecular flexibility index (Phi) is 4.05. The summed E-state index contributed by atoms with van der Waals surface area (Å²) in [6.07, 6.45) is 6.31. The minimum absolute atomic E-state index is 0.0839. The molecule has 1 heterocycles. The fourth-order valence-corrected chi connectivity index (χ4v) is 2.24. The van der Waals surface area contributed by atoms with Gasteiger partial charge >= 0.3 is 0 Å². The SMILES string of the molecule is C#CC(C)(C)N1C(=O)C(C(C)CC)NC(=O)C1C. The summed E-state index contributed by atoms with van der Waals surface area (Å²) in [5.74, 6) is 2.48. The summed E-state index contributed by atoms with van der Waals surface area (Å²) in [7, 11) is 0. The van der Waals surface area contributed by atoms with E-state index in [1.54, 1.807) is 20.8 Å². The minimum Gasteiger partial charge on any atom is -0.342 e. The van der Waals surface area contributed by atoms with Crippen molar-refractivity contribution >= 4 is 11.8 Å². The van der Waals surface area contributed by atoms with E-state index in [0.717, 1.165) is 6.42 Å². The Morgan fingerprint density at radius 3 is 2.50 bits per heavy atom. The van der Waals surface area contributed by atoms with Gasteiger partial charge in [0, 0.05) is 0 Å². The van der Waals surface area contributed by atoms with Crippen LogP contribution in [0, 0.1) is 18.3 Å². The molecule has 3 atom stereocenters. The number of hydrogen-bond donors (Lipinski definition) is 1. The Morgan fingerprint density at radius 2 is 2.06 bits per heavy atom. The summed E-state index contributed by atoms with van der Waals surface area (Å²) in [6, 6.07) is -0.991. The van der Waals surface area contributed by atoms with Gasteiger partial charge in [0.2, 0.25) is 11.8 Å². The summed E-state index contributed by atoms with van der Waals surface area (Å²) >= 11 is 0. The van der Waals surface area contributed by atoms with Crippen LogP contribution in [0.3, 0.4) is 0 Å². The highest BCUT2D eigenvalue weighted by molar-refractivity contribution is 5.97. The second kappa shape index (κ2) is 5.01. The molecular weight excluding hydrogens is 228 g/mol. The normalized spacial score (nSPS) is 26.6. The highest BCUT2D eigenvalue weighted by Crippen LogP contribution is 2.25. The molecule has 100 valence electrons. The molecule has 1 N–H and O–H groups in total. The molecule has 2 amide bonds. The van der Waals surface area contributed by atoms with Crippen LogP contribution in [0.5, 0.6) is 0 Å². The van der Waals surface area contributed by atoms with Gasteiger partial charge in [-0.2, -0.15) is 0 Å². The maximum Gasteiger partial charge on any atom is 0.247 e. The van der Waals surface area contributed by atoms with E-state index in [1.165, 1.54) is 4.90 Å². The van der Waals surface area contributed by atoms with Gasteiger partial charge in [0.05, 0.1) is 5.54 Å². The molecule has 0 aromatic carbocycles. The highest BCUT2D eigenvalue weighted by Gasteiger charge is 2.45. The lowest BCUT2D eigenvalue weighted by Crippen LogP contribution is -2.68. The smallest absolute Gasteiger partial charge is 0.247 e. The number of nitrogens with zero attached hydrogens (tertiary/aromatic N) is 1. The van der Waals surface area contributed by atoms with Gasteiger partial charge in [-0.25, -0.2) is 0 Å². The van der Waals surface area contributed by atoms with Crippen molar-refractivity contribution in [2.45, 2.75) is 58.7 Å². The van der Waals surface area contributed by atoms with Crippen LogP contribution >= 0.6 is 0 Å². The maximum absolute atomic E-state index is 12.5. The molecule has 0 spiro atoms. The fourth-order valence-electron chi connectivity index (χ4n) is 2.24. The largest absolute Gasteiger partial charge is 0.342 e. The standard InChI is InChI=1S/C14H22N2O2/c1-7-9(3)11-13(18)16(14(5,6)8-2)10(4)12(17)15-11/h2,9-11H,7H2,1,3-6H3,(H,15,17). The van der Waals surface area contributed by atoms with Gasteiger partial charge in [-0.3, -0.25) is 9.59 Å². The molecule has 0 saturated carbocycles. The van der Waals surface area contributed by atoms with E-state index in [-0.39, 0.29) is 17.7 Å². The van der Waals surface area contributed by atoms with Gasteiger partial charge in [-0.1, -0.05) is 26.2 Å². The van der Waals surface area contributed by atoms with E-state index >= 15 is 0 Å².